The lowest BCUT2D eigenvalue weighted by Gasteiger charge is -2.01. The summed E-state index contributed by atoms with van der Waals surface area (Å²) in [7, 11) is 0. The first kappa shape index (κ1) is 9.58. The quantitative estimate of drug-likeness (QED) is 0.749. The van der Waals surface area contributed by atoms with Crippen LogP contribution in [0.25, 0.3) is 0 Å². The van der Waals surface area contributed by atoms with E-state index >= 15 is 0 Å². The zero-order valence-corrected chi connectivity index (χ0v) is 7.54. The van der Waals surface area contributed by atoms with Crippen molar-refractivity contribution in [1.82, 2.24) is 5.32 Å². The summed E-state index contributed by atoms with van der Waals surface area (Å²) in [5, 5.41) is 13.4. The van der Waals surface area contributed by atoms with Crippen LogP contribution < -0.4 is 5.32 Å². The Balaban J connectivity index is 2.37. The number of nitrogens with one attached hydrogen (secondary N) is 1. The zero-order chi connectivity index (χ0) is 9.68. The van der Waals surface area contributed by atoms with Gasteiger partial charge < -0.3 is 5.32 Å². The monoisotopic (exact) mass is 178 g/mol. The van der Waals surface area contributed by atoms with Crippen molar-refractivity contribution in [2.45, 2.75) is 13.3 Å². The van der Waals surface area contributed by atoms with Crippen LogP contribution in [0.4, 0.5) is 0 Å². The van der Waals surface area contributed by atoms with E-state index in [1.807, 2.05) is 0 Å². The lowest BCUT2D eigenvalue weighted by molar-refractivity contribution is -0.118. The Morgan fingerprint density at radius 3 is 2.46 bits per heavy atom. The lowest BCUT2D eigenvalue weighted by atomic mass is 10.1. The topological polar surface area (TPSA) is 49.0 Å². The van der Waals surface area contributed by atoms with Gasteiger partial charge in [0.25, 0.3) is 0 Å². The molecule has 0 aliphatic rings. The molecule has 1 aromatic rings. The van der Waals surface area contributed by atoms with Crippen molar-refractivity contribution < 1.29 is 9.90 Å². The number of hydrogen-bond donors (Lipinski definition) is 1. The Labute approximate surface area is 77.4 Å². The highest BCUT2D eigenvalue weighted by Crippen LogP contribution is 2.10. The molecule has 1 radical (unpaired) electrons. The fourth-order valence-electron chi connectivity index (χ4n) is 1.04. The maximum absolute atomic E-state index is 10.7. The van der Waals surface area contributed by atoms with E-state index in [0.717, 1.165) is 12.0 Å². The average Bonchev–Trinajstić information content (AvgIpc) is 2.08. The van der Waals surface area contributed by atoms with Crippen LogP contribution in [0, 0.1) is 0 Å². The summed E-state index contributed by atoms with van der Waals surface area (Å²) in [5.74, 6) is -0.0104. The van der Waals surface area contributed by atoms with Crippen molar-refractivity contribution in [3.8, 4) is 5.75 Å². The van der Waals surface area contributed by atoms with Crippen molar-refractivity contribution in [2.75, 3.05) is 6.54 Å². The molecule has 1 N–H and O–H groups in total. The normalized spacial score (nSPS) is 9.62. The molecule has 0 atom stereocenters. The van der Waals surface area contributed by atoms with Crippen LogP contribution in [0.3, 0.4) is 0 Å². The minimum absolute atomic E-state index is 0.0169. The third kappa shape index (κ3) is 3.60. The van der Waals surface area contributed by atoms with E-state index in [0.29, 0.717) is 6.54 Å². The highest BCUT2D eigenvalue weighted by atomic mass is 16.3. The third-order valence-electron chi connectivity index (χ3n) is 1.71. The molecule has 0 saturated heterocycles. The Hall–Kier alpha value is -1.51. The molecule has 0 bridgehead atoms. The first-order chi connectivity index (χ1) is 6.18. The molecule has 1 amide bonds. The van der Waals surface area contributed by atoms with E-state index in [2.05, 4.69) is 5.32 Å². The number of carbonyl (C=O) groups excluding carboxylic acids is 1. The minimum atomic E-state index is -0.0274. The number of rotatable bonds is 3. The number of benzene rings is 1. The molecule has 1 aromatic carbocycles. The first-order valence-corrected chi connectivity index (χ1v) is 4.19. The van der Waals surface area contributed by atoms with Crippen LogP contribution in [0.5, 0.6) is 5.75 Å². The number of amides is 1. The van der Waals surface area contributed by atoms with Crippen molar-refractivity contribution in [2.24, 2.45) is 0 Å². The van der Waals surface area contributed by atoms with Gasteiger partial charge >= 0.3 is 0 Å². The molecule has 3 nitrogen and oxygen atoms in total. The molecule has 3 heteroatoms. The summed E-state index contributed by atoms with van der Waals surface area (Å²) < 4.78 is 0. The van der Waals surface area contributed by atoms with Gasteiger partial charge in [-0.05, 0) is 24.1 Å². The van der Waals surface area contributed by atoms with Crippen LogP contribution in [0.2, 0.25) is 0 Å². The highest BCUT2D eigenvalue weighted by molar-refractivity contribution is 5.72. The van der Waals surface area contributed by atoms with Crippen LogP contribution >= 0.6 is 0 Å². The Bertz CT molecular complexity index is 279. The van der Waals surface area contributed by atoms with E-state index in [-0.39, 0.29) is 11.7 Å². The largest absolute Gasteiger partial charge is 0.356 e. The minimum Gasteiger partial charge on any atom is -0.356 e. The fraction of sp³-hybridized carbons (Fsp3) is 0.300. The molecule has 0 saturated carbocycles. The lowest BCUT2D eigenvalue weighted by Crippen LogP contribution is -2.22. The average molecular weight is 178 g/mol. The molecule has 0 spiro atoms. The standard InChI is InChI=1S/C10H12NO2/c1-8(12)11-7-6-9-2-4-10(13)5-3-9/h2-5H,6-7H2,1H3,(H,11,12). The zero-order valence-electron chi connectivity index (χ0n) is 7.54. The summed E-state index contributed by atoms with van der Waals surface area (Å²) >= 11 is 0. The molecule has 69 valence electrons. The van der Waals surface area contributed by atoms with Crippen molar-refractivity contribution in [3.05, 3.63) is 29.8 Å². The third-order valence-corrected chi connectivity index (χ3v) is 1.71. The molecule has 0 unspecified atom stereocenters. The SMILES string of the molecule is CC(=O)NCCc1ccc([O])cc1. The molecule has 1 rings (SSSR count). The van der Waals surface area contributed by atoms with Gasteiger partial charge in [0.1, 0.15) is 0 Å². The van der Waals surface area contributed by atoms with Gasteiger partial charge in [0, 0.05) is 13.5 Å². The van der Waals surface area contributed by atoms with Gasteiger partial charge in [0.2, 0.25) is 5.91 Å². The maximum atomic E-state index is 10.7. The van der Waals surface area contributed by atoms with Gasteiger partial charge in [-0.15, -0.1) is 0 Å². The Kier molecular flexibility index (Phi) is 3.31. The van der Waals surface area contributed by atoms with E-state index in [1.54, 1.807) is 12.1 Å². The molecule has 0 fully saturated rings. The van der Waals surface area contributed by atoms with E-state index in [4.69, 9.17) is 0 Å². The number of hydrogen-bond acceptors (Lipinski definition) is 1. The van der Waals surface area contributed by atoms with Crippen LogP contribution in [0.15, 0.2) is 24.3 Å². The highest BCUT2D eigenvalue weighted by Gasteiger charge is 1.95. The van der Waals surface area contributed by atoms with E-state index in [1.165, 1.54) is 19.1 Å². The Morgan fingerprint density at radius 2 is 1.92 bits per heavy atom. The molecule has 0 aliphatic heterocycles. The molecule has 13 heavy (non-hydrogen) atoms. The second-order valence-corrected chi connectivity index (χ2v) is 2.88. The Morgan fingerprint density at radius 1 is 1.31 bits per heavy atom. The van der Waals surface area contributed by atoms with Gasteiger partial charge in [-0.1, -0.05) is 12.1 Å². The molecular weight excluding hydrogens is 166 g/mol. The summed E-state index contributed by atoms with van der Waals surface area (Å²) in [4.78, 5) is 10.5. The molecule has 0 aromatic heterocycles. The van der Waals surface area contributed by atoms with Gasteiger partial charge in [-0.3, -0.25) is 9.90 Å². The summed E-state index contributed by atoms with van der Waals surface area (Å²) in [6.07, 6.45) is 0.764. The van der Waals surface area contributed by atoms with E-state index in [9.17, 15) is 9.90 Å². The smallest absolute Gasteiger partial charge is 0.216 e. The van der Waals surface area contributed by atoms with Crippen molar-refractivity contribution in [3.63, 3.8) is 0 Å². The van der Waals surface area contributed by atoms with Crippen molar-refractivity contribution >= 4 is 5.91 Å². The van der Waals surface area contributed by atoms with Gasteiger partial charge in [-0.2, -0.15) is 0 Å². The molecule has 0 aliphatic carbocycles. The van der Waals surface area contributed by atoms with Crippen LogP contribution in [-0.4, -0.2) is 12.5 Å². The van der Waals surface area contributed by atoms with Crippen LogP contribution in [-0.2, 0) is 16.3 Å². The van der Waals surface area contributed by atoms with Crippen molar-refractivity contribution in [1.29, 1.82) is 0 Å². The second-order valence-electron chi connectivity index (χ2n) is 2.88. The molecular formula is C10H12NO2. The second kappa shape index (κ2) is 4.50. The summed E-state index contributed by atoms with van der Waals surface area (Å²) in [5.41, 5.74) is 1.06. The predicted octanol–water partition coefficient (Wildman–Crippen LogP) is 1.51. The summed E-state index contributed by atoms with van der Waals surface area (Å²) in [6, 6.07) is 6.63. The summed E-state index contributed by atoms with van der Waals surface area (Å²) in [6.45, 7) is 2.11. The molecule has 0 heterocycles. The van der Waals surface area contributed by atoms with E-state index < -0.39 is 0 Å². The van der Waals surface area contributed by atoms with Gasteiger partial charge in [0.05, 0.1) is 0 Å². The number of carbonyl (C=O) groups is 1. The first-order valence-electron chi connectivity index (χ1n) is 4.19. The fourth-order valence-corrected chi connectivity index (χ4v) is 1.04. The van der Waals surface area contributed by atoms with Crippen LogP contribution in [0.1, 0.15) is 12.5 Å². The van der Waals surface area contributed by atoms with Gasteiger partial charge in [-0.25, -0.2) is 0 Å². The van der Waals surface area contributed by atoms with Gasteiger partial charge in [0.15, 0.2) is 5.75 Å². The maximum Gasteiger partial charge on any atom is 0.216 e. The predicted molar refractivity (Wildman–Crippen MR) is 49.0 cm³/mol.